The summed E-state index contributed by atoms with van der Waals surface area (Å²) >= 11 is 0. The van der Waals surface area contributed by atoms with Crippen LogP contribution in [-0.2, 0) is 13.1 Å². The SMILES string of the molecule is O=C(NCCOc1ccccc1)NCc1ccc(Cn2cncn2)cc1. The van der Waals surface area contributed by atoms with Gasteiger partial charge in [0.05, 0.1) is 13.1 Å². The number of aromatic nitrogens is 3. The molecule has 0 aliphatic carbocycles. The Hall–Kier alpha value is -3.35. The van der Waals surface area contributed by atoms with E-state index in [9.17, 15) is 4.79 Å². The van der Waals surface area contributed by atoms with E-state index < -0.39 is 0 Å². The maximum atomic E-state index is 11.8. The molecule has 0 aliphatic heterocycles. The van der Waals surface area contributed by atoms with Crippen LogP contribution in [0, 0.1) is 0 Å². The van der Waals surface area contributed by atoms with Gasteiger partial charge in [0.25, 0.3) is 0 Å². The van der Waals surface area contributed by atoms with E-state index in [1.807, 2.05) is 54.6 Å². The Kier molecular flexibility index (Phi) is 6.19. The van der Waals surface area contributed by atoms with Gasteiger partial charge in [-0.25, -0.2) is 14.5 Å². The van der Waals surface area contributed by atoms with E-state index in [1.54, 1.807) is 11.0 Å². The normalized spacial score (nSPS) is 10.3. The number of ether oxygens (including phenoxy) is 1. The number of hydrogen-bond donors (Lipinski definition) is 2. The summed E-state index contributed by atoms with van der Waals surface area (Å²) in [5.41, 5.74) is 2.16. The van der Waals surface area contributed by atoms with Gasteiger partial charge in [0, 0.05) is 6.54 Å². The first-order chi connectivity index (χ1) is 12.8. The molecule has 1 heterocycles. The zero-order valence-corrected chi connectivity index (χ0v) is 14.3. The first kappa shape index (κ1) is 17.5. The minimum absolute atomic E-state index is 0.214. The third-order valence-corrected chi connectivity index (χ3v) is 3.69. The molecule has 0 radical (unpaired) electrons. The molecule has 0 saturated carbocycles. The molecule has 0 aliphatic rings. The van der Waals surface area contributed by atoms with Crippen LogP contribution in [0.2, 0.25) is 0 Å². The Morgan fingerprint density at radius 2 is 1.77 bits per heavy atom. The number of nitrogens with zero attached hydrogens (tertiary/aromatic N) is 3. The Bertz CT molecular complexity index is 789. The van der Waals surface area contributed by atoms with Crippen LogP contribution < -0.4 is 15.4 Å². The van der Waals surface area contributed by atoms with Crippen LogP contribution in [-0.4, -0.2) is 33.9 Å². The fourth-order valence-corrected chi connectivity index (χ4v) is 2.36. The molecule has 7 nitrogen and oxygen atoms in total. The number of para-hydroxylation sites is 1. The van der Waals surface area contributed by atoms with Crippen molar-refractivity contribution in [1.82, 2.24) is 25.4 Å². The third kappa shape index (κ3) is 5.62. The molecule has 3 rings (SSSR count). The van der Waals surface area contributed by atoms with Gasteiger partial charge < -0.3 is 15.4 Å². The van der Waals surface area contributed by atoms with Gasteiger partial charge in [-0.05, 0) is 23.3 Å². The maximum absolute atomic E-state index is 11.8. The van der Waals surface area contributed by atoms with Crippen molar-refractivity contribution in [2.24, 2.45) is 0 Å². The van der Waals surface area contributed by atoms with Crippen LogP contribution in [0.1, 0.15) is 11.1 Å². The molecule has 0 atom stereocenters. The van der Waals surface area contributed by atoms with Crippen molar-refractivity contribution in [2.45, 2.75) is 13.1 Å². The fourth-order valence-electron chi connectivity index (χ4n) is 2.36. The van der Waals surface area contributed by atoms with Crippen LogP contribution in [0.5, 0.6) is 5.75 Å². The highest BCUT2D eigenvalue weighted by molar-refractivity contribution is 5.73. The molecular formula is C19H21N5O2. The topological polar surface area (TPSA) is 81.1 Å². The first-order valence-corrected chi connectivity index (χ1v) is 8.39. The fraction of sp³-hybridized carbons (Fsp3) is 0.211. The van der Waals surface area contributed by atoms with Crippen molar-refractivity contribution >= 4 is 6.03 Å². The predicted octanol–water partition coefficient (Wildman–Crippen LogP) is 2.20. The molecule has 2 N–H and O–H groups in total. The summed E-state index contributed by atoms with van der Waals surface area (Å²) < 4.78 is 7.28. The summed E-state index contributed by atoms with van der Waals surface area (Å²) in [7, 11) is 0. The molecular weight excluding hydrogens is 330 g/mol. The summed E-state index contributed by atoms with van der Waals surface area (Å²) in [6, 6.07) is 17.3. The molecule has 2 aromatic carbocycles. The van der Waals surface area contributed by atoms with Gasteiger partial charge in [0.15, 0.2) is 0 Å². The predicted molar refractivity (Wildman–Crippen MR) is 97.7 cm³/mol. The number of urea groups is 1. The molecule has 7 heteroatoms. The van der Waals surface area contributed by atoms with E-state index >= 15 is 0 Å². The van der Waals surface area contributed by atoms with Crippen molar-refractivity contribution in [3.63, 3.8) is 0 Å². The monoisotopic (exact) mass is 351 g/mol. The number of nitrogens with one attached hydrogen (secondary N) is 2. The van der Waals surface area contributed by atoms with Gasteiger partial charge in [0.1, 0.15) is 25.0 Å². The molecule has 2 amide bonds. The molecule has 134 valence electrons. The highest BCUT2D eigenvalue weighted by atomic mass is 16.5. The average molecular weight is 351 g/mol. The van der Waals surface area contributed by atoms with Crippen LogP contribution in [0.3, 0.4) is 0 Å². The van der Waals surface area contributed by atoms with Crippen molar-refractivity contribution in [3.8, 4) is 5.75 Å². The third-order valence-electron chi connectivity index (χ3n) is 3.69. The molecule has 0 fully saturated rings. The van der Waals surface area contributed by atoms with E-state index in [0.717, 1.165) is 16.9 Å². The smallest absolute Gasteiger partial charge is 0.315 e. The lowest BCUT2D eigenvalue weighted by Crippen LogP contribution is -2.37. The number of carbonyl (C=O) groups is 1. The number of amides is 2. The lowest BCUT2D eigenvalue weighted by atomic mass is 10.1. The highest BCUT2D eigenvalue weighted by Crippen LogP contribution is 2.07. The minimum atomic E-state index is -0.214. The van der Waals surface area contributed by atoms with Crippen molar-refractivity contribution < 1.29 is 9.53 Å². The quantitative estimate of drug-likeness (QED) is 0.610. The van der Waals surface area contributed by atoms with Gasteiger partial charge in [-0.15, -0.1) is 0 Å². The maximum Gasteiger partial charge on any atom is 0.315 e. The van der Waals surface area contributed by atoms with E-state index in [-0.39, 0.29) is 6.03 Å². The van der Waals surface area contributed by atoms with E-state index in [1.165, 1.54) is 6.33 Å². The highest BCUT2D eigenvalue weighted by Gasteiger charge is 2.01. The summed E-state index contributed by atoms with van der Waals surface area (Å²) in [5, 5.41) is 9.68. The summed E-state index contributed by atoms with van der Waals surface area (Å²) in [6.07, 6.45) is 3.20. The molecule has 26 heavy (non-hydrogen) atoms. The number of rotatable bonds is 8. The number of benzene rings is 2. The lowest BCUT2D eigenvalue weighted by Gasteiger charge is -2.09. The molecule has 0 unspecified atom stereocenters. The van der Waals surface area contributed by atoms with Crippen LogP contribution >= 0.6 is 0 Å². The van der Waals surface area contributed by atoms with E-state index in [0.29, 0.717) is 26.2 Å². The Balaban J connectivity index is 1.33. The zero-order valence-electron chi connectivity index (χ0n) is 14.3. The molecule has 3 aromatic rings. The van der Waals surface area contributed by atoms with Crippen LogP contribution in [0.25, 0.3) is 0 Å². The van der Waals surface area contributed by atoms with Gasteiger partial charge >= 0.3 is 6.03 Å². The number of hydrogen-bond acceptors (Lipinski definition) is 4. The molecule has 0 bridgehead atoms. The Labute approximate surface area is 152 Å². The standard InChI is InChI=1S/C19H21N5O2/c25-19(21-10-11-26-18-4-2-1-3-5-18)22-12-16-6-8-17(9-7-16)13-24-15-20-14-23-24/h1-9,14-15H,10-13H2,(H2,21,22,25). The second kappa shape index (κ2) is 9.22. The van der Waals surface area contributed by atoms with Crippen molar-refractivity contribution in [2.75, 3.05) is 13.2 Å². The molecule has 0 spiro atoms. The second-order valence-electron chi connectivity index (χ2n) is 5.68. The summed E-state index contributed by atoms with van der Waals surface area (Å²) in [4.78, 5) is 15.7. The lowest BCUT2D eigenvalue weighted by molar-refractivity contribution is 0.236. The Morgan fingerprint density at radius 3 is 2.50 bits per heavy atom. The van der Waals surface area contributed by atoms with Gasteiger partial charge in [-0.1, -0.05) is 42.5 Å². The second-order valence-corrected chi connectivity index (χ2v) is 5.68. The van der Waals surface area contributed by atoms with Crippen LogP contribution in [0.4, 0.5) is 4.79 Å². The van der Waals surface area contributed by atoms with E-state index in [2.05, 4.69) is 20.7 Å². The van der Waals surface area contributed by atoms with Crippen LogP contribution in [0.15, 0.2) is 67.3 Å². The van der Waals surface area contributed by atoms with Gasteiger partial charge in [0.2, 0.25) is 0 Å². The average Bonchev–Trinajstić information content (AvgIpc) is 3.19. The molecule has 0 saturated heterocycles. The Morgan fingerprint density at radius 1 is 1.00 bits per heavy atom. The van der Waals surface area contributed by atoms with E-state index in [4.69, 9.17) is 4.74 Å². The van der Waals surface area contributed by atoms with Crippen molar-refractivity contribution in [3.05, 3.63) is 78.4 Å². The van der Waals surface area contributed by atoms with Crippen molar-refractivity contribution in [1.29, 1.82) is 0 Å². The zero-order chi connectivity index (χ0) is 18.0. The number of carbonyl (C=O) groups excluding carboxylic acids is 1. The minimum Gasteiger partial charge on any atom is -0.492 e. The molecule has 1 aromatic heterocycles. The largest absolute Gasteiger partial charge is 0.492 e. The van der Waals surface area contributed by atoms with Gasteiger partial charge in [-0.3, -0.25) is 0 Å². The first-order valence-electron chi connectivity index (χ1n) is 8.39. The van der Waals surface area contributed by atoms with Gasteiger partial charge in [-0.2, -0.15) is 5.10 Å². The summed E-state index contributed by atoms with van der Waals surface area (Å²) in [6.45, 7) is 2.01. The summed E-state index contributed by atoms with van der Waals surface area (Å²) in [5.74, 6) is 0.792.